The topological polar surface area (TPSA) is 78.9 Å². The molecule has 0 aliphatic heterocycles. The van der Waals surface area contributed by atoms with Crippen molar-refractivity contribution < 1.29 is 28.6 Å². The van der Waals surface area contributed by atoms with Crippen LogP contribution in [0.2, 0.25) is 0 Å². The van der Waals surface area contributed by atoms with Gasteiger partial charge in [-0.2, -0.15) is 0 Å². The van der Waals surface area contributed by atoms with E-state index in [1.807, 2.05) is 0 Å². The highest BCUT2D eigenvalue weighted by Crippen LogP contribution is 2.18. The van der Waals surface area contributed by atoms with Crippen LogP contribution in [0.5, 0.6) is 0 Å². The van der Waals surface area contributed by atoms with Crippen LogP contribution in [0.4, 0.5) is 0 Å². The number of carbonyl (C=O) groups is 3. The van der Waals surface area contributed by atoms with Gasteiger partial charge in [0, 0.05) is 19.3 Å². The predicted molar refractivity (Wildman–Crippen MR) is 358 cm³/mol. The molecule has 0 rings (SSSR count). The fourth-order valence-corrected chi connectivity index (χ4v) is 10.7. The zero-order valence-corrected chi connectivity index (χ0v) is 55.0. The van der Waals surface area contributed by atoms with E-state index in [1.165, 1.54) is 263 Å². The first kappa shape index (κ1) is 79.1. The number of hydrogen-bond acceptors (Lipinski definition) is 6. The van der Waals surface area contributed by atoms with Crippen LogP contribution in [0.1, 0.15) is 387 Å². The molecule has 0 aliphatic rings. The molecule has 1 atom stereocenters. The lowest BCUT2D eigenvalue weighted by molar-refractivity contribution is -0.167. The standard InChI is InChI=1S/C76H138O6/c1-4-7-10-13-16-19-22-25-28-31-34-36-37-38-39-41-42-45-48-51-54-57-60-63-66-69-75(78)81-72-73(71-80-74(77)68-65-62-59-56-53-50-47-44-33-30-27-24-21-18-15-12-9-6-3)82-76(79)70-67-64-61-58-55-52-49-46-43-40-35-32-29-26-23-20-17-14-11-8-5-2/h23,26,30-35,43,46,73H,4-22,24-25,27-29,36-42,44-45,47-72H2,1-3H3/b26-23-,33-30-,34-31-,35-32-,46-43-. The van der Waals surface area contributed by atoms with Gasteiger partial charge in [0.2, 0.25) is 0 Å². The van der Waals surface area contributed by atoms with Crippen molar-refractivity contribution >= 4 is 17.9 Å². The molecule has 0 aliphatic carbocycles. The van der Waals surface area contributed by atoms with Gasteiger partial charge >= 0.3 is 17.9 Å². The molecule has 0 N–H and O–H groups in total. The molecule has 0 heterocycles. The molecule has 478 valence electrons. The third-order valence-corrected chi connectivity index (χ3v) is 16.2. The predicted octanol–water partition coefficient (Wildman–Crippen LogP) is 25.1. The second kappa shape index (κ2) is 70.6. The smallest absolute Gasteiger partial charge is 0.306 e. The number of esters is 3. The minimum atomic E-state index is -0.785. The Kier molecular flexibility index (Phi) is 68.1. The first-order chi connectivity index (χ1) is 40.5. The molecule has 6 nitrogen and oxygen atoms in total. The number of unbranched alkanes of at least 4 members (excludes halogenated alkanes) is 46. The molecule has 0 aromatic carbocycles. The van der Waals surface area contributed by atoms with Crippen LogP contribution < -0.4 is 0 Å². The van der Waals surface area contributed by atoms with E-state index in [4.69, 9.17) is 14.2 Å². The molecule has 6 heteroatoms. The van der Waals surface area contributed by atoms with Crippen molar-refractivity contribution in [1.82, 2.24) is 0 Å². The van der Waals surface area contributed by atoms with Gasteiger partial charge in [-0.25, -0.2) is 0 Å². The van der Waals surface area contributed by atoms with Gasteiger partial charge in [0.1, 0.15) is 13.2 Å². The number of carbonyl (C=O) groups excluding carboxylic acids is 3. The molecule has 0 radical (unpaired) electrons. The summed E-state index contributed by atoms with van der Waals surface area (Å²) in [6.07, 6.45) is 91.0. The Bertz CT molecular complexity index is 1460. The minimum Gasteiger partial charge on any atom is -0.462 e. The minimum absolute atomic E-state index is 0.0784. The van der Waals surface area contributed by atoms with Gasteiger partial charge in [0.05, 0.1) is 0 Å². The highest BCUT2D eigenvalue weighted by Gasteiger charge is 2.19. The zero-order chi connectivity index (χ0) is 59.2. The van der Waals surface area contributed by atoms with Crippen LogP contribution >= 0.6 is 0 Å². The molecule has 0 amide bonds. The van der Waals surface area contributed by atoms with Crippen LogP contribution in [0.3, 0.4) is 0 Å². The quantitative estimate of drug-likeness (QED) is 0.0261. The van der Waals surface area contributed by atoms with Crippen LogP contribution in [-0.2, 0) is 28.6 Å². The zero-order valence-electron chi connectivity index (χ0n) is 55.0. The highest BCUT2D eigenvalue weighted by molar-refractivity contribution is 5.71. The van der Waals surface area contributed by atoms with Crippen molar-refractivity contribution in [3.8, 4) is 0 Å². The lowest BCUT2D eigenvalue weighted by atomic mass is 10.0. The van der Waals surface area contributed by atoms with E-state index in [9.17, 15) is 14.4 Å². The van der Waals surface area contributed by atoms with Crippen LogP contribution in [0, 0.1) is 0 Å². The van der Waals surface area contributed by atoms with Crippen molar-refractivity contribution in [2.75, 3.05) is 13.2 Å². The van der Waals surface area contributed by atoms with Gasteiger partial charge in [-0.15, -0.1) is 0 Å². The fraction of sp³-hybridized carbons (Fsp3) is 0.829. The Morgan fingerprint density at radius 1 is 0.244 bits per heavy atom. The van der Waals surface area contributed by atoms with Crippen molar-refractivity contribution in [2.24, 2.45) is 0 Å². The second-order valence-corrected chi connectivity index (χ2v) is 24.5. The first-order valence-electron chi connectivity index (χ1n) is 36.3. The molecule has 0 spiro atoms. The van der Waals surface area contributed by atoms with Gasteiger partial charge in [0.15, 0.2) is 6.10 Å². The SMILES string of the molecule is CCCCCCC/C=C\C/C=C\C/C=C\CCCCCCCCC(=O)OC(COC(=O)CCCCCCCCC/C=C\CCCCCCCCC)COC(=O)CCCCCCCCCCCCCCC/C=C\CCCCCCCCCC. The van der Waals surface area contributed by atoms with Crippen molar-refractivity contribution in [2.45, 2.75) is 393 Å². The first-order valence-corrected chi connectivity index (χ1v) is 36.3. The highest BCUT2D eigenvalue weighted by atomic mass is 16.6. The van der Waals surface area contributed by atoms with Crippen LogP contribution in [-0.4, -0.2) is 37.2 Å². The summed E-state index contributed by atoms with van der Waals surface area (Å²) in [6.45, 7) is 6.68. The molecule has 1 unspecified atom stereocenters. The van der Waals surface area contributed by atoms with E-state index in [2.05, 4.69) is 81.5 Å². The maximum atomic E-state index is 13.0. The summed E-state index contributed by atoms with van der Waals surface area (Å²) in [5.41, 5.74) is 0. The van der Waals surface area contributed by atoms with E-state index in [-0.39, 0.29) is 31.1 Å². The van der Waals surface area contributed by atoms with E-state index < -0.39 is 6.10 Å². The maximum Gasteiger partial charge on any atom is 0.306 e. The molecule has 82 heavy (non-hydrogen) atoms. The third kappa shape index (κ3) is 67.9. The number of allylic oxidation sites excluding steroid dienone is 10. The molecule has 0 saturated heterocycles. The van der Waals surface area contributed by atoms with E-state index in [0.29, 0.717) is 19.3 Å². The number of rotatable bonds is 67. The summed E-state index contributed by atoms with van der Waals surface area (Å²) < 4.78 is 17.0. The average molecular weight is 1150 g/mol. The lowest BCUT2D eigenvalue weighted by Crippen LogP contribution is -2.30. The Morgan fingerprint density at radius 2 is 0.439 bits per heavy atom. The number of ether oxygens (including phenoxy) is 3. The Labute approximate surface area is 510 Å². The summed E-state index contributed by atoms with van der Waals surface area (Å²) in [6, 6.07) is 0. The molecule has 0 aromatic heterocycles. The summed E-state index contributed by atoms with van der Waals surface area (Å²) >= 11 is 0. The van der Waals surface area contributed by atoms with Crippen LogP contribution in [0.15, 0.2) is 60.8 Å². The fourth-order valence-electron chi connectivity index (χ4n) is 10.7. The van der Waals surface area contributed by atoms with Crippen molar-refractivity contribution in [1.29, 1.82) is 0 Å². The summed E-state index contributed by atoms with van der Waals surface area (Å²) in [4.78, 5) is 38.5. The van der Waals surface area contributed by atoms with E-state index >= 15 is 0 Å². The van der Waals surface area contributed by atoms with Crippen LogP contribution in [0.25, 0.3) is 0 Å². The van der Waals surface area contributed by atoms with Gasteiger partial charge in [-0.3, -0.25) is 14.4 Å². The molecule has 0 saturated carbocycles. The Hall–Kier alpha value is -2.89. The largest absolute Gasteiger partial charge is 0.462 e. The van der Waals surface area contributed by atoms with E-state index in [0.717, 1.165) is 83.5 Å². The van der Waals surface area contributed by atoms with Gasteiger partial charge in [-0.1, -0.05) is 319 Å². The Morgan fingerprint density at radius 3 is 0.695 bits per heavy atom. The van der Waals surface area contributed by atoms with Gasteiger partial charge in [-0.05, 0) is 109 Å². The Balaban J connectivity index is 4.35. The normalized spacial score (nSPS) is 12.4. The second-order valence-electron chi connectivity index (χ2n) is 24.5. The van der Waals surface area contributed by atoms with Crippen molar-refractivity contribution in [3.63, 3.8) is 0 Å². The molecule has 0 bridgehead atoms. The molecule has 0 fully saturated rings. The van der Waals surface area contributed by atoms with Gasteiger partial charge < -0.3 is 14.2 Å². The summed E-state index contributed by atoms with van der Waals surface area (Å²) in [7, 11) is 0. The maximum absolute atomic E-state index is 13.0. The van der Waals surface area contributed by atoms with Gasteiger partial charge in [0.25, 0.3) is 0 Å². The van der Waals surface area contributed by atoms with E-state index in [1.54, 1.807) is 0 Å². The average Bonchev–Trinajstić information content (AvgIpc) is 3.47. The molecular weight excluding hydrogens is 1010 g/mol. The summed E-state index contributed by atoms with van der Waals surface area (Å²) in [5, 5.41) is 0. The van der Waals surface area contributed by atoms with Crippen molar-refractivity contribution in [3.05, 3.63) is 60.8 Å². The molecule has 0 aromatic rings. The summed E-state index contributed by atoms with van der Waals surface area (Å²) in [5.74, 6) is -0.872. The number of hydrogen-bond donors (Lipinski definition) is 0. The third-order valence-electron chi connectivity index (χ3n) is 16.2. The lowest BCUT2D eigenvalue weighted by Gasteiger charge is -2.18. The molecular formula is C76H138O6. The monoisotopic (exact) mass is 1150 g/mol.